The van der Waals surface area contributed by atoms with E-state index < -0.39 is 8.07 Å². The number of aromatic nitrogens is 2. The number of nitrogens with zero attached hydrogens (tertiary/aromatic N) is 2. The Labute approximate surface area is 368 Å². The second-order valence-corrected chi connectivity index (χ2v) is 20.2. The normalized spacial score (nSPS) is 11.8. The zero-order valence-corrected chi connectivity index (χ0v) is 35.6. The molecule has 0 aliphatic carbocycles. The van der Waals surface area contributed by atoms with Crippen LogP contribution in [0.5, 0.6) is 0 Å². The van der Waals surface area contributed by atoms with Gasteiger partial charge in [0.05, 0.1) is 27.8 Å². The molecule has 0 N–H and O–H groups in total. The molecule has 2 aromatic heterocycles. The van der Waals surface area contributed by atoms with Crippen molar-refractivity contribution < 1.29 is 0 Å². The number of benzene rings is 10. The quantitative estimate of drug-likeness (QED) is 0.107. The average Bonchev–Trinajstić information content (AvgIpc) is 3.89. The summed E-state index contributed by atoms with van der Waals surface area (Å²) in [5, 5.41) is 10.4. The highest BCUT2D eigenvalue weighted by atomic mass is 28.3. The molecular weight excluding hydrogens is 777 g/mol. The summed E-state index contributed by atoms with van der Waals surface area (Å²) in [4.78, 5) is 0. The van der Waals surface area contributed by atoms with E-state index in [2.05, 4.69) is 264 Å². The first-order valence-corrected chi connectivity index (χ1v) is 23.8. The van der Waals surface area contributed by atoms with Crippen LogP contribution in [0, 0.1) is 0 Å². The van der Waals surface area contributed by atoms with E-state index in [1.165, 1.54) is 86.6 Å². The highest BCUT2D eigenvalue weighted by Crippen LogP contribution is 2.41. The number of fused-ring (bicyclic) bond motifs is 6. The van der Waals surface area contributed by atoms with E-state index in [4.69, 9.17) is 0 Å². The van der Waals surface area contributed by atoms with Gasteiger partial charge in [-0.2, -0.15) is 0 Å². The maximum absolute atomic E-state index is 2.77. The summed E-state index contributed by atoms with van der Waals surface area (Å²) in [6.45, 7) is 0. The van der Waals surface area contributed by atoms with Crippen molar-refractivity contribution >= 4 is 72.4 Å². The maximum atomic E-state index is 2.52. The third kappa shape index (κ3) is 5.85. The van der Waals surface area contributed by atoms with Crippen LogP contribution in [-0.2, 0) is 0 Å². The van der Waals surface area contributed by atoms with Crippen molar-refractivity contribution in [2.45, 2.75) is 0 Å². The second kappa shape index (κ2) is 15.2. The molecule has 0 spiro atoms. The van der Waals surface area contributed by atoms with E-state index >= 15 is 0 Å². The Hall–Kier alpha value is -7.98. The number of rotatable bonds is 8. The molecule has 2 heterocycles. The zero-order chi connectivity index (χ0) is 41.7. The van der Waals surface area contributed by atoms with Crippen LogP contribution in [0.4, 0.5) is 0 Å². The molecule has 12 rings (SSSR count). The molecule has 10 aromatic carbocycles. The van der Waals surface area contributed by atoms with Gasteiger partial charge < -0.3 is 9.13 Å². The Balaban J connectivity index is 1.12. The van der Waals surface area contributed by atoms with Crippen LogP contribution in [-0.4, -0.2) is 17.2 Å². The van der Waals surface area contributed by atoms with Gasteiger partial charge in [0.1, 0.15) is 0 Å². The molecule has 0 aliphatic heterocycles. The summed E-state index contributed by atoms with van der Waals surface area (Å²) < 4.78 is 5.00. The minimum absolute atomic E-state index is 1.13. The lowest BCUT2D eigenvalue weighted by molar-refractivity contribution is 1.13. The monoisotopic (exact) mass is 818 g/mol. The first-order chi connectivity index (χ1) is 31.3. The Bertz CT molecular complexity index is 3510. The van der Waals surface area contributed by atoms with Crippen LogP contribution in [0.2, 0.25) is 0 Å². The van der Waals surface area contributed by atoms with Gasteiger partial charge in [0.15, 0.2) is 8.07 Å². The Kier molecular flexibility index (Phi) is 8.87. The number of hydrogen-bond acceptors (Lipinski definition) is 0. The molecule has 2 nitrogen and oxygen atoms in total. The predicted molar refractivity (Wildman–Crippen MR) is 270 cm³/mol. The van der Waals surface area contributed by atoms with E-state index in [-0.39, 0.29) is 0 Å². The minimum Gasteiger partial charge on any atom is -0.307 e. The van der Waals surface area contributed by atoms with Crippen LogP contribution in [0.3, 0.4) is 0 Å². The molecule has 0 saturated carbocycles. The zero-order valence-electron chi connectivity index (χ0n) is 34.6. The van der Waals surface area contributed by atoms with Crippen molar-refractivity contribution in [1.82, 2.24) is 9.13 Å². The molecule has 0 saturated heterocycles. The summed E-state index contributed by atoms with van der Waals surface area (Å²) in [5.74, 6) is 0. The number of para-hydroxylation sites is 3. The lowest BCUT2D eigenvalue weighted by Crippen LogP contribution is -2.74. The van der Waals surface area contributed by atoms with Crippen molar-refractivity contribution in [2.75, 3.05) is 0 Å². The third-order valence-electron chi connectivity index (χ3n) is 13.1. The van der Waals surface area contributed by atoms with Crippen molar-refractivity contribution in [3.8, 4) is 33.6 Å². The smallest absolute Gasteiger partial charge is 0.179 e. The van der Waals surface area contributed by atoms with Crippen molar-refractivity contribution in [3.05, 3.63) is 255 Å². The highest BCUT2D eigenvalue weighted by Gasteiger charge is 2.41. The minimum atomic E-state index is -2.77. The molecule has 12 aromatic rings. The van der Waals surface area contributed by atoms with Gasteiger partial charge in [-0.1, -0.05) is 218 Å². The fourth-order valence-corrected chi connectivity index (χ4v) is 15.2. The molecule has 296 valence electrons. The van der Waals surface area contributed by atoms with Gasteiger partial charge in [-0.25, -0.2) is 0 Å². The van der Waals surface area contributed by atoms with E-state index in [1.807, 2.05) is 0 Å². The van der Waals surface area contributed by atoms with E-state index in [9.17, 15) is 0 Å². The van der Waals surface area contributed by atoms with Crippen LogP contribution in [0.25, 0.3) is 77.2 Å². The van der Waals surface area contributed by atoms with Gasteiger partial charge in [-0.05, 0) is 79.4 Å². The molecule has 63 heavy (non-hydrogen) atoms. The SMILES string of the molecule is c1ccc(-c2ccccc2-c2cccc(-n3c4ccccc4c4cccc(-n5c6ccccc6c6cc([Si](c7ccccc7)(c7ccccc7)c7ccccc7)ccc65)c43)c2)cc1. The summed E-state index contributed by atoms with van der Waals surface area (Å²) in [6.07, 6.45) is 0. The van der Waals surface area contributed by atoms with E-state index in [1.54, 1.807) is 0 Å². The van der Waals surface area contributed by atoms with Gasteiger partial charge in [-0.3, -0.25) is 0 Å². The first kappa shape index (κ1) is 36.8. The maximum Gasteiger partial charge on any atom is 0.179 e. The summed E-state index contributed by atoms with van der Waals surface area (Å²) in [6, 6.07) is 94.2. The molecule has 0 bridgehead atoms. The van der Waals surface area contributed by atoms with Crippen LogP contribution in [0.15, 0.2) is 255 Å². The summed E-state index contributed by atoms with van der Waals surface area (Å²) in [7, 11) is -2.77. The molecule has 0 radical (unpaired) electrons. The summed E-state index contributed by atoms with van der Waals surface area (Å²) >= 11 is 0. The standard InChI is InChI=1S/C60H42N2Si/c1-5-21-43(22-6-1)50-31-13-14-32-51(50)44-23-19-24-45(41-44)61-56-36-17-15-33-52(56)54-35-20-38-59(60(54)61)62-57-37-18-16-34-53(57)55-42-49(39-40-58(55)62)63(46-25-7-2-8-26-46,47-27-9-3-10-28-47)48-29-11-4-12-30-48/h1-42H. The topological polar surface area (TPSA) is 9.86 Å². The van der Waals surface area contributed by atoms with E-state index in [0.29, 0.717) is 0 Å². The lowest BCUT2D eigenvalue weighted by Gasteiger charge is -2.34. The van der Waals surface area contributed by atoms with Gasteiger partial charge >= 0.3 is 0 Å². The van der Waals surface area contributed by atoms with Gasteiger partial charge in [0, 0.05) is 27.2 Å². The molecule has 0 unspecified atom stereocenters. The summed E-state index contributed by atoms with van der Waals surface area (Å²) in [5.41, 5.74) is 11.8. The molecular formula is C60H42N2Si. The first-order valence-electron chi connectivity index (χ1n) is 21.8. The second-order valence-electron chi connectivity index (χ2n) is 16.4. The molecule has 0 atom stereocenters. The number of hydrogen-bond donors (Lipinski definition) is 0. The van der Waals surface area contributed by atoms with Crippen molar-refractivity contribution in [3.63, 3.8) is 0 Å². The third-order valence-corrected chi connectivity index (χ3v) is 17.8. The molecule has 0 amide bonds. The lowest BCUT2D eigenvalue weighted by atomic mass is 9.94. The van der Waals surface area contributed by atoms with Crippen molar-refractivity contribution in [2.24, 2.45) is 0 Å². The molecule has 0 aliphatic rings. The Morgan fingerprint density at radius 2 is 0.730 bits per heavy atom. The van der Waals surface area contributed by atoms with Gasteiger partial charge in [0.25, 0.3) is 0 Å². The average molecular weight is 819 g/mol. The fourth-order valence-electron chi connectivity index (χ4n) is 10.4. The van der Waals surface area contributed by atoms with Gasteiger partial charge in [0.2, 0.25) is 0 Å². The van der Waals surface area contributed by atoms with Crippen LogP contribution in [0.1, 0.15) is 0 Å². The largest absolute Gasteiger partial charge is 0.307 e. The van der Waals surface area contributed by atoms with Crippen LogP contribution >= 0.6 is 0 Å². The molecule has 3 heteroatoms. The Morgan fingerprint density at radius 3 is 1.37 bits per heavy atom. The predicted octanol–water partition coefficient (Wildman–Crippen LogP) is 12.6. The Morgan fingerprint density at radius 1 is 0.270 bits per heavy atom. The molecule has 0 fully saturated rings. The highest BCUT2D eigenvalue weighted by molar-refractivity contribution is 7.20. The van der Waals surface area contributed by atoms with E-state index in [0.717, 1.165) is 11.4 Å². The van der Waals surface area contributed by atoms with Crippen molar-refractivity contribution in [1.29, 1.82) is 0 Å². The van der Waals surface area contributed by atoms with Crippen LogP contribution < -0.4 is 20.7 Å². The fraction of sp³-hybridized carbons (Fsp3) is 0. The van der Waals surface area contributed by atoms with Gasteiger partial charge in [-0.15, -0.1) is 0 Å².